The molecule has 1 atom stereocenters. The van der Waals surface area contributed by atoms with Crippen molar-refractivity contribution in [1.29, 1.82) is 0 Å². The van der Waals surface area contributed by atoms with Crippen LogP contribution in [0.15, 0.2) is 9.64 Å². The minimum atomic E-state index is -0.857. The zero-order chi connectivity index (χ0) is 16.1. The van der Waals surface area contributed by atoms with Gasteiger partial charge in [-0.1, -0.05) is 44.9 Å². The molecule has 0 spiro atoms. The van der Waals surface area contributed by atoms with E-state index < -0.39 is 17.2 Å². The highest BCUT2D eigenvalue weighted by molar-refractivity contribution is 8.00. The Morgan fingerprint density at radius 1 is 1.27 bits per heavy atom. The standard InChI is InChI=1S/C14H22N4O3S/c1-8(2)10(11(19)16-13(15)20)22-14-18-17-12(21-14)9-6-4-3-5-7-9/h8-10H,3-7H2,1-2H3,(H3,15,16,19,20)/t10-/m1/s1. The van der Waals surface area contributed by atoms with Crippen molar-refractivity contribution in [2.45, 2.75) is 62.3 Å². The fourth-order valence-electron chi connectivity index (χ4n) is 2.58. The van der Waals surface area contributed by atoms with Gasteiger partial charge in [0.15, 0.2) is 0 Å². The number of aromatic nitrogens is 2. The highest BCUT2D eigenvalue weighted by Gasteiger charge is 2.28. The first kappa shape index (κ1) is 16.8. The van der Waals surface area contributed by atoms with Crippen molar-refractivity contribution in [2.75, 3.05) is 0 Å². The van der Waals surface area contributed by atoms with Gasteiger partial charge in [0.25, 0.3) is 5.22 Å². The summed E-state index contributed by atoms with van der Waals surface area (Å²) in [6, 6.07) is -0.857. The number of carbonyl (C=O) groups is 2. The highest BCUT2D eigenvalue weighted by atomic mass is 32.2. The summed E-state index contributed by atoms with van der Waals surface area (Å²) in [6.45, 7) is 3.77. The number of urea groups is 1. The number of nitrogens with zero attached hydrogens (tertiary/aromatic N) is 2. The number of imide groups is 1. The van der Waals surface area contributed by atoms with E-state index in [2.05, 4.69) is 15.5 Å². The van der Waals surface area contributed by atoms with Crippen molar-refractivity contribution in [3.8, 4) is 0 Å². The van der Waals surface area contributed by atoms with E-state index in [9.17, 15) is 9.59 Å². The molecular formula is C14H22N4O3S. The molecule has 1 aromatic heterocycles. The van der Waals surface area contributed by atoms with Crippen LogP contribution < -0.4 is 11.1 Å². The third-order valence-corrected chi connectivity index (χ3v) is 5.09. The lowest BCUT2D eigenvalue weighted by atomic mass is 9.89. The van der Waals surface area contributed by atoms with Crippen molar-refractivity contribution >= 4 is 23.7 Å². The van der Waals surface area contributed by atoms with Gasteiger partial charge in [0, 0.05) is 5.92 Å². The van der Waals surface area contributed by atoms with Crippen LogP contribution in [0.4, 0.5) is 4.79 Å². The van der Waals surface area contributed by atoms with Gasteiger partial charge in [-0.2, -0.15) is 0 Å². The molecule has 0 aliphatic heterocycles. The van der Waals surface area contributed by atoms with Crippen molar-refractivity contribution in [3.05, 3.63) is 5.89 Å². The van der Waals surface area contributed by atoms with Crippen molar-refractivity contribution < 1.29 is 14.0 Å². The van der Waals surface area contributed by atoms with Gasteiger partial charge in [0.2, 0.25) is 11.8 Å². The Hall–Kier alpha value is -1.57. The topological polar surface area (TPSA) is 111 Å². The number of thioether (sulfide) groups is 1. The van der Waals surface area contributed by atoms with Crippen LogP contribution in [0, 0.1) is 5.92 Å². The number of hydrogen-bond acceptors (Lipinski definition) is 6. The fourth-order valence-corrected chi connectivity index (χ4v) is 3.45. The van der Waals surface area contributed by atoms with Gasteiger partial charge in [0.1, 0.15) is 0 Å². The number of nitrogens with two attached hydrogens (primary N) is 1. The lowest BCUT2D eigenvalue weighted by molar-refractivity contribution is -0.120. The Bertz CT molecular complexity index is 526. The zero-order valence-electron chi connectivity index (χ0n) is 12.9. The quantitative estimate of drug-likeness (QED) is 0.804. The first-order chi connectivity index (χ1) is 10.5. The van der Waals surface area contributed by atoms with E-state index in [1.54, 1.807) is 0 Å². The molecule has 3 N–H and O–H groups in total. The van der Waals surface area contributed by atoms with Crippen LogP contribution in [0.3, 0.4) is 0 Å². The predicted molar refractivity (Wildman–Crippen MR) is 82.3 cm³/mol. The molecule has 0 radical (unpaired) electrons. The van der Waals surface area contributed by atoms with Crippen molar-refractivity contribution in [2.24, 2.45) is 11.7 Å². The number of hydrogen-bond donors (Lipinski definition) is 2. The minimum Gasteiger partial charge on any atom is -0.416 e. The molecule has 2 rings (SSSR count). The molecule has 22 heavy (non-hydrogen) atoms. The van der Waals surface area contributed by atoms with Crippen LogP contribution in [0.2, 0.25) is 0 Å². The minimum absolute atomic E-state index is 0.00520. The van der Waals surface area contributed by atoms with E-state index in [0.29, 0.717) is 17.0 Å². The maximum absolute atomic E-state index is 12.0. The number of nitrogens with one attached hydrogen (secondary N) is 1. The normalized spacial score (nSPS) is 17.4. The zero-order valence-corrected chi connectivity index (χ0v) is 13.7. The van der Waals surface area contributed by atoms with Crippen LogP contribution in [-0.2, 0) is 4.79 Å². The Balaban J connectivity index is 2.02. The lowest BCUT2D eigenvalue weighted by Crippen LogP contribution is -2.42. The Kier molecular flexibility index (Phi) is 5.82. The van der Waals surface area contributed by atoms with E-state index in [1.807, 2.05) is 13.8 Å². The average molecular weight is 326 g/mol. The third kappa shape index (κ3) is 4.46. The molecule has 1 aliphatic carbocycles. The summed E-state index contributed by atoms with van der Waals surface area (Å²) >= 11 is 1.17. The van der Waals surface area contributed by atoms with Gasteiger partial charge in [-0.05, 0) is 18.8 Å². The number of amides is 3. The molecule has 1 aromatic rings. The summed E-state index contributed by atoms with van der Waals surface area (Å²) in [5.74, 6) is 0.534. The Morgan fingerprint density at radius 2 is 1.95 bits per heavy atom. The summed E-state index contributed by atoms with van der Waals surface area (Å²) < 4.78 is 5.70. The van der Waals surface area contributed by atoms with Crippen LogP contribution in [0.5, 0.6) is 0 Å². The van der Waals surface area contributed by atoms with Gasteiger partial charge in [-0.15, -0.1) is 10.2 Å². The second-order valence-electron chi connectivity index (χ2n) is 5.88. The molecule has 3 amide bonds. The predicted octanol–water partition coefficient (Wildman–Crippen LogP) is 2.43. The molecule has 1 fully saturated rings. The van der Waals surface area contributed by atoms with Crippen molar-refractivity contribution in [3.63, 3.8) is 0 Å². The van der Waals surface area contributed by atoms with Gasteiger partial charge < -0.3 is 10.2 Å². The molecule has 0 unspecified atom stereocenters. The van der Waals surface area contributed by atoms with Crippen LogP contribution in [0.25, 0.3) is 0 Å². The number of carbonyl (C=O) groups excluding carboxylic acids is 2. The molecule has 1 heterocycles. The summed E-state index contributed by atoms with van der Waals surface area (Å²) in [7, 11) is 0. The highest BCUT2D eigenvalue weighted by Crippen LogP contribution is 2.34. The fraction of sp³-hybridized carbons (Fsp3) is 0.714. The summed E-state index contributed by atoms with van der Waals surface area (Å²) in [5, 5.41) is 10.1. The lowest BCUT2D eigenvalue weighted by Gasteiger charge is -2.18. The van der Waals surface area contributed by atoms with Gasteiger partial charge in [0.05, 0.1) is 5.25 Å². The van der Waals surface area contributed by atoms with Crippen LogP contribution >= 0.6 is 11.8 Å². The second kappa shape index (κ2) is 7.62. The van der Waals surface area contributed by atoms with E-state index in [4.69, 9.17) is 10.2 Å². The summed E-state index contributed by atoms with van der Waals surface area (Å²) in [4.78, 5) is 22.8. The molecule has 0 aromatic carbocycles. The molecule has 122 valence electrons. The molecule has 1 saturated carbocycles. The molecule has 1 aliphatic rings. The molecule has 8 heteroatoms. The van der Waals surface area contributed by atoms with E-state index in [1.165, 1.54) is 31.0 Å². The SMILES string of the molecule is CC(C)[C@@H](Sc1nnc(C2CCCCC2)o1)C(=O)NC(N)=O. The second-order valence-corrected chi connectivity index (χ2v) is 6.97. The summed E-state index contributed by atoms with van der Waals surface area (Å²) in [6.07, 6.45) is 5.77. The maximum atomic E-state index is 12.0. The molecule has 7 nitrogen and oxygen atoms in total. The molecule has 0 bridgehead atoms. The van der Waals surface area contributed by atoms with Crippen LogP contribution in [0.1, 0.15) is 57.8 Å². The largest absolute Gasteiger partial charge is 0.416 e. The van der Waals surface area contributed by atoms with Gasteiger partial charge in [-0.3, -0.25) is 10.1 Å². The smallest absolute Gasteiger partial charge is 0.318 e. The average Bonchev–Trinajstić information content (AvgIpc) is 2.93. The molecule has 0 saturated heterocycles. The third-order valence-electron chi connectivity index (χ3n) is 3.71. The summed E-state index contributed by atoms with van der Waals surface area (Å²) in [5.41, 5.74) is 4.99. The Labute approximate surface area is 133 Å². The van der Waals surface area contributed by atoms with E-state index >= 15 is 0 Å². The van der Waals surface area contributed by atoms with E-state index in [-0.39, 0.29) is 5.92 Å². The first-order valence-corrected chi connectivity index (χ1v) is 8.45. The van der Waals surface area contributed by atoms with Gasteiger partial charge in [-0.25, -0.2) is 4.79 Å². The van der Waals surface area contributed by atoms with Gasteiger partial charge >= 0.3 is 6.03 Å². The number of rotatable bonds is 5. The number of primary amides is 1. The van der Waals surface area contributed by atoms with Crippen molar-refractivity contribution in [1.82, 2.24) is 15.5 Å². The Morgan fingerprint density at radius 3 is 2.55 bits per heavy atom. The van der Waals surface area contributed by atoms with E-state index in [0.717, 1.165) is 12.8 Å². The first-order valence-electron chi connectivity index (χ1n) is 7.57. The maximum Gasteiger partial charge on any atom is 0.318 e. The monoisotopic (exact) mass is 326 g/mol. The van der Waals surface area contributed by atoms with Crippen LogP contribution in [-0.4, -0.2) is 27.4 Å². The molecular weight excluding hydrogens is 304 g/mol.